The highest BCUT2D eigenvalue weighted by Crippen LogP contribution is 2.28. The second-order valence-electron chi connectivity index (χ2n) is 6.12. The number of aromatic nitrogens is 3. The molecule has 0 aliphatic carbocycles. The number of ether oxygens (including phenoxy) is 2. The molecular formula is C17H23N5O4S2. The van der Waals surface area contributed by atoms with Crippen molar-refractivity contribution in [1.82, 2.24) is 14.8 Å². The van der Waals surface area contributed by atoms with E-state index in [4.69, 9.17) is 9.47 Å². The smallest absolute Gasteiger partial charge is 0.348 e. The number of esters is 1. The van der Waals surface area contributed by atoms with Gasteiger partial charge in [-0.1, -0.05) is 11.8 Å². The van der Waals surface area contributed by atoms with Crippen molar-refractivity contribution in [2.75, 3.05) is 48.9 Å². The Kier molecular flexibility index (Phi) is 6.92. The molecule has 1 fully saturated rings. The maximum absolute atomic E-state index is 12.3. The summed E-state index contributed by atoms with van der Waals surface area (Å²) in [6.45, 7) is 6.79. The summed E-state index contributed by atoms with van der Waals surface area (Å²) in [6.07, 6.45) is 0. The molecule has 28 heavy (non-hydrogen) atoms. The summed E-state index contributed by atoms with van der Waals surface area (Å²) in [5, 5.41) is 12.5. The first kappa shape index (κ1) is 20.6. The van der Waals surface area contributed by atoms with E-state index >= 15 is 0 Å². The first-order valence-electron chi connectivity index (χ1n) is 8.92. The maximum atomic E-state index is 12.3. The van der Waals surface area contributed by atoms with Gasteiger partial charge in [0.05, 0.1) is 30.6 Å². The highest BCUT2D eigenvalue weighted by atomic mass is 32.2. The molecule has 3 heterocycles. The third kappa shape index (κ3) is 4.83. The predicted octanol–water partition coefficient (Wildman–Crippen LogP) is 1.93. The number of rotatable bonds is 7. The number of carbonyl (C=O) groups is 2. The maximum Gasteiger partial charge on any atom is 0.348 e. The highest BCUT2D eigenvalue weighted by molar-refractivity contribution is 7.99. The van der Waals surface area contributed by atoms with Crippen LogP contribution in [0.25, 0.3) is 0 Å². The van der Waals surface area contributed by atoms with E-state index in [1.807, 2.05) is 18.5 Å². The summed E-state index contributed by atoms with van der Waals surface area (Å²) in [6, 6.07) is 1.78. The van der Waals surface area contributed by atoms with Crippen molar-refractivity contribution in [2.45, 2.75) is 19.0 Å². The van der Waals surface area contributed by atoms with Gasteiger partial charge in [0.1, 0.15) is 4.88 Å². The van der Waals surface area contributed by atoms with Crippen molar-refractivity contribution in [3.63, 3.8) is 0 Å². The molecule has 11 heteroatoms. The Labute approximate surface area is 171 Å². The van der Waals surface area contributed by atoms with E-state index in [0.29, 0.717) is 34.9 Å². The van der Waals surface area contributed by atoms with Crippen molar-refractivity contribution in [3.05, 3.63) is 16.5 Å². The van der Waals surface area contributed by atoms with Crippen LogP contribution in [-0.2, 0) is 21.3 Å². The molecule has 1 aliphatic heterocycles. The van der Waals surface area contributed by atoms with E-state index in [2.05, 4.69) is 20.4 Å². The average Bonchev–Trinajstić information content (AvgIpc) is 3.23. The van der Waals surface area contributed by atoms with Gasteiger partial charge in [0, 0.05) is 20.1 Å². The molecule has 0 spiro atoms. The fourth-order valence-corrected chi connectivity index (χ4v) is 4.41. The van der Waals surface area contributed by atoms with Crippen molar-refractivity contribution in [3.8, 4) is 0 Å². The zero-order valence-corrected chi connectivity index (χ0v) is 17.7. The molecule has 0 bridgehead atoms. The van der Waals surface area contributed by atoms with Gasteiger partial charge in [-0.25, -0.2) is 4.79 Å². The molecule has 0 unspecified atom stereocenters. The number of anilines is 2. The van der Waals surface area contributed by atoms with Crippen molar-refractivity contribution in [1.29, 1.82) is 0 Å². The Bertz CT molecular complexity index is 845. The number of thioether (sulfide) groups is 1. The number of hydrogen-bond acceptors (Lipinski definition) is 9. The number of amides is 1. The highest BCUT2D eigenvalue weighted by Gasteiger charge is 2.20. The van der Waals surface area contributed by atoms with Gasteiger partial charge in [-0.2, -0.15) is 0 Å². The molecule has 0 radical (unpaired) electrons. The molecule has 0 aromatic carbocycles. The molecule has 2 aromatic heterocycles. The Hall–Kier alpha value is -2.11. The number of hydrogen-bond donors (Lipinski definition) is 1. The van der Waals surface area contributed by atoms with Crippen LogP contribution in [0, 0.1) is 6.92 Å². The fraction of sp³-hybridized carbons (Fsp3) is 0.529. The molecule has 1 N–H and O–H groups in total. The molecule has 1 amide bonds. The van der Waals surface area contributed by atoms with E-state index in [9.17, 15) is 9.59 Å². The van der Waals surface area contributed by atoms with E-state index in [-0.39, 0.29) is 17.6 Å². The van der Waals surface area contributed by atoms with Crippen molar-refractivity contribution in [2.24, 2.45) is 7.05 Å². The molecule has 1 saturated heterocycles. The fourth-order valence-electron chi connectivity index (χ4n) is 2.72. The summed E-state index contributed by atoms with van der Waals surface area (Å²) < 4.78 is 12.3. The number of nitrogens with one attached hydrogen (secondary N) is 1. The molecule has 0 saturated carbocycles. The van der Waals surface area contributed by atoms with Gasteiger partial charge >= 0.3 is 5.97 Å². The Morgan fingerprint density at radius 1 is 1.36 bits per heavy atom. The standard InChI is InChI=1S/C17H23N5O4S2/c1-4-26-15(24)14-11(2)9-13(28-14)18-12(23)10-27-17-20-19-16(21(17)3)22-5-7-25-8-6-22/h9H,4-8,10H2,1-3H3,(H,18,23). The first-order valence-corrected chi connectivity index (χ1v) is 10.7. The normalized spacial score (nSPS) is 14.2. The van der Waals surface area contributed by atoms with E-state index < -0.39 is 0 Å². The third-order valence-corrected chi connectivity index (χ3v) is 6.23. The number of aryl methyl sites for hydroxylation is 1. The minimum absolute atomic E-state index is 0.169. The molecular weight excluding hydrogens is 402 g/mol. The summed E-state index contributed by atoms with van der Waals surface area (Å²) in [5.74, 6) is 0.437. The minimum Gasteiger partial charge on any atom is -0.462 e. The lowest BCUT2D eigenvalue weighted by Gasteiger charge is -2.27. The van der Waals surface area contributed by atoms with E-state index in [1.165, 1.54) is 23.1 Å². The Balaban J connectivity index is 1.55. The zero-order chi connectivity index (χ0) is 20.1. The van der Waals surface area contributed by atoms with Crippen molar-refractivity contribution < 1.29 is 19.1 Å². The summed E-state index contributed by atoms with van der Waals surface area (Å²) >= 11 is 2.53. The van der Waals surface area contributed by atoms with E-state index in [1.54, 1.807) is 13.0 Å². The molecule has 2 aromatic rings. The van der Waals surface area contributed by atoms with Crippen LogP contribution in [0.1, 0.15) is 22.2 Å². The Morgan fingerprint density at radius 3 is 2.82 bits per heavy atom. The van der Waals surface area contributed by atoms with Crippen LogP contribution < -0.4 is 10.2 Å². The SMILES string of the molecule is CCOC(=O)c1sc(NC(=O)CSc2nnc(N3CCOCC3)n2C)cc1C. The van der Waals surface area contributed by atoms with Gasteiger partial charge in [0.25, 0.3) is 0 Å². The van der Waals surface area contributed by atoms with E-state index in [0.717, 1.165) is 24.6 Å². The summed E-state index contributed by atoms with van der Waals surface area (Å²) in [4.78, 5) is 26.8. The van der Waals surface area contributed by atoms with Crippen LogP contribution in [0.3, 0.4) is 0 Å². The van der Waals surface area contributed by atoms with Crippen LogP contribution in [0.15, 0.2) is 11.2 Å². The van der Waals surface area contributed by atoms with Gasteiger partial charge in [-0.05, 0) is 25.5 Å². The second kappa shape index (κ2) is 9.39. The number of carbonyl (C=O) groups excluding carboxylic acids is 2. The van der Waals surface area contributed by atoms with Gasteiger partial charge in [-0.15, -0.1) is 21.5 Å². The lowest BCUT2D eigenvalue weighted by molar-refractivity contribution is -0.113. The average molecular weight is 426 g/mol. The van der Waals surface area contributed by atoms with Gasteiger partial charge in [0.2, 0.25) is 11.9 Å². The largest absolute Gasteiger partial charge is 0.462 e. The zero-order valence-electron chi connectivity index (χ0n) is 16.1. The van der Waals surface area contributed by atoms with Crippen LogP contribution in [-0.4, -0.2) is 65.3 Å². The summed E-state index contributed by atoms with van der Waals surface area (Å²) in [7, 11) is 1.89. The predicted molar refractivity (Wildman–Crippen MR) is 108 cm³/mol. The number of thiophene rings is 1. The molecule has 152 valence electrons. The van der Waals surface area contributed by atoms with Crippen LogP contribution in [0.2, 0.25) is 0 Å². The third-order valence-electron chi connectivity index (χ3n) is 4.08. The lowest BCUT2D eigenvalue weighted by Crippen LogP contribution is -2.37. The number of nitrogens with zero attached hydrogens (tertiary/aromatic N) is 4. The summed E-state index contributed by atoms with van der Waals surface area (Å²) in [5.41, 5.74) is 0.787. The van der Waals surface area contributed by atoms with Crippen LogP contribution in [0.5, 0.6) is 0 Å². The van der Waals surface area contributed by atoms with Gasteiger partial charge in [0.15, 0.2) is 5.16 Å². The molecule has 3 rings (SSSR count). The minimum atomic E-state index is -0.366. The number of morpholine rings is 1. The van der Waals surface area contributed by atoms with Gasteiger partial charge < -0.3 is 19.7 Å². The molecule has 1 aliphatic rings. The first-order chi connectivity index (χ1) is 13.5. The van der Waals surface area contributed by atoms with Crippen LogP contribution >= 0.6 is 23.1 Å². The Morgan fingerprint density at radius 2 is 2.11 bits per heavy atom. The quantitative estimate of drug-likeness (QED) is 0.531. The molecule has 0 atom stereocenters. The van der Waals surface area contributed by atoms with Crippen molar-refractivity contribution >= 4 is 45.9 Å². The lowest BCUT2D eigenvalue weighted by atomic mass is 10.3. The second-order valence-corrected chi connectivity index (χ2v) is 8.12. The van der Waals surface area contributed by atoms with Crippen LogP contribution in [0.4, 0.5) is 10.9 Å². The van der Waals surface area contributed by atoms with Gasteiger partial charge in [-0.3, -0.25) is 9.36 Å². The topological polar surface area (TPSA) is 98.6 Å². The molecule has 9 nitrogen and oxygen atoms in total. The monoisotopic (exact) mass is 425 g/mol.